The van der Waals surface area contributed by atoms with E-state index in [1.807, 2.05) is 0 Å². The number of hydrogen-bond donors (Lipinski definition) is 1. The lowest BCUT2D eigenvalue weighted by Crippen LogP contribution is -2.26. The van der Waals surface area contributed by atoms with Gasteiger partial charge < -0.3 is 10.5 Å². The molecule has 4 nitrogen and oxygen atoms in total. The average Bonchev–Trinajstić information content (AvgIpc) is 2.17. The molecule has 0 heterocycles. The second-order valence-electron chi connectivity index (χ2n) is 2.93. The molecule has 1 atom stereocenters. The van der Waals surface area contributed by atoms with Crippen molar-refractivity contribution in [1.82, 2.24) is 0 Å². The van der Waals surface area contributed by atoms with Gasteiger partial charge in [-0.1, -0.05) is 0 Å². The average molecular weight is 215 g/mol. The number of benzene rings is 1. The van der Waals surface area contributed by atoms with Crippen LogP contribution in [-0.4, -0.2) is 20.9 Å². The van der Waals surface area contributed by atoms with Gasteiger partial charge in [0.15, 0.2) is 9.84 Å². The van der Waals surface area contributed by atoms with Gasteiger partial charge in [0, 0.05) is 0 Å². The van der Waals surface area contributed by atoms with Crippen LogP contribution in [0.5, 0.6) is 5.75 Å². The maximum Gasteiger partial charge on any atom is 0.193 e. The summed E-state index contributed by atoms with van der Waals surface area (Å²) in [5, 5.41) is -0.893. The molecule has 0 bridgehead atoms. The first kappa shape index (κ1) is 11.0. The predicted octanol–water partition coefficient (Wildman–Crippen LogP) is 0.774. The first-order valence-corrected chi connectivity index (χ1v) is 5.66. The molecule has 1 aromatic carbocycles. The number of rotatable bonds is 3. The number of hydrogen-bond acceptors (Lipinski definition) is 4. The van der Waals surface area contributed by atoms with Crippen LogP contribution in [0.1, 0.15) is 6.92 Å². The van der Waals surface area contributed by atoms with Crippen LogP contribution in [-0.2, 0) is 9.84 Å². The van der Waals surface area contributed by atoms with Crippen LogP contribution in [0.15, 0.2) is 29.2 Å². The van der Waals surface area contributed by atoms with E-state index in [1.54, 1.807) is 12.1 Å². The summed E-state index contributed by atoms with van der Waals surface area (Å²) in [6.07, 6.45) is 0. The molecule has 14 heavy (non-hydrogen) atoms. The Bertz CT molecular complexity index is 395. The zero-order valence-electron chi connectivity index (χ0n) is 8.10. The first-order chi connectivity index (χ1) is 6.48. The van der Waals surface area contributed by atoms with E-state index in [1.165, 1.54) is 26.2 Å². The number of methoxy groups -OCH3 is 1. The summed E-state index contributed by atoms with van der Waals surface area (Å²) >= 11 is 0. The van der Waals surface area contributed by atoms with E-state index in [0.29, 0.717) is 5.75 Å². The minimum Gasteiger partial charge on any atom is -0.497 e. The Balaban J connectivity index is 3.10. The zero-order chi connectivity index (χ0) is 10.8. The van der Waals surface area contributed by atoms with E-state index in [0.717, 1.165) is 0 Å². The molecule has 0 aliphatic rings. The number of nitrogens with two attached hydrogens (primary N) is 1. The second kappa shape index (κ2) is 3.98. The van der Waals surface area contributed by atoms with E-state index in [4.69, 9.17) is 10.5 Å². The summed E-state index contributed by atoms with van der Waals surface area (Å²) in [7, 11) is -1.86. The molecule has 5 heteroatoms. The number of ether oxygens (including phenoxy) is 1. The minimum absolute atomic E-state index is 0.216. The van der Waals surface area contributed by atoms with E-state index < -0.39 is 15.2 Å². The largest absolute Gasteiger partial charge is 0.497 e. The van der Waals surface area contributed by atoms with Crippen molar-refractivity contribution < 1.29 is 13.2 Å². The first-order valence-electron chi connectivity index (χ1n) is 4.12. The minimum atomic E-state index is -3.38. The lowest BCUT2D eigenvalue weighted by Gasteiger charge is -2.07. The van der Waals surface area contributed by atoms with Gasteiger partial charge in [-0.3, -0.25) is 0 Å². The number of sulfone groups is 1. The lowest BCUT2D eigenvalue weighted by atomic mass is 10.3. The Labute approximate surface area is 83.6 Å². The third-order valence-corrected chi connectivity index (χ3v) is 3.79. The van der Waals surface area contributed by atoms with Gasteiger partial charge in [0.1, 0.15) is 11.1 Å². The van der Waals surface area contributed by atoms with E-state index in [-0.39, 0.29) is 4.90 Å². The van der Waals surface area contributed by atoms with Gasteiger partial charge in [-0.05, 0) is 31.2 Å². The van der Waals surface area contributed by atoms with E-state index in [9.17, 15) is 8.42 Å². The molecule has 0 saturated heterocycles. The topological polar surface area (TPSA) is 69.4 Å². The lowest BCUT2D eigenvalue weighted by molar-refractivity contribution is 0.414. The van der Waals surface area contributed by atoms with Crippen LogP contribution in [0.25, 0.3) is 0 Å². The molecule has 0 aliphatic heterocycles. The predicted molar refractivity (Wildman–Crippen MR) is 53.8 cm³/mol. The van der Waals surface area contributed by atoms with Gasteiger partial charge in [-0.25, -0.2) is 8.42 Å². The van der Waals surface area contributed by atoms with Crippen molar-refractivity contribution >= 4 is 9.84 Å². The highest BCUT2D eigenvalue weighted by Gasteiger charge is 2.18. The van der Waals surface area contributed by atoms with Gasteiger partial charge in [0.05, 0.1) is 12.0 Å². The summed E-state index contributed by atoms with van der Waals surface area (Å²) in [5.74, 6) is 0.619. The highest BCUT2D eigenvalue weighted by atomic mass is 32.2. The Morgan fingerprint density at radius 3 is 2.14 bits per heavy atom. The Morgan fingerprint density at radius 2 is 1.79 bits per heavy atom. The fourth-order valence-electron chi connectivity index (χ4n) is 0.980. The molecule has 0 radical (unpaired) electrons. The van der Waals surface area contributed by atoms with Crippen molar-refractivity contribution in [2.24, 2.45) is 5.73 Å². The smallest absolute Gasteiger partial charge is 0.193 e. The highest BCUT2D eigenvalue weighted by Crippen LogP contribution is 2.17. The van der Waals surface area contributed by atoms with Gasteiger partial charge in [0.2, 0.25) is 0 Å². The van der Waals surface area contributed by atoms with Gasteiger partial charge >= 0.3 is 0 Å². The molecule has 2 N–H and O–H groups in total. The summed E-state index contributed by atoms with van der Waals surface area (Å²) in [5.41, 5.74) is 5.35. The molecule has 1 aromatic rings. The quantitative estimate of drug-likeness (QED) is 0.808. The van der Waals surface area contributed by atoms with Crippen molar-refractivity contribution in [3.8, 4) is 5.75 Å². The zero-order valence-corrected chi connectivity index (χ0v) is 8.91. The molecule has 78 valence electrons. The van der Waals surface area contributed by atoms with Gasteiger partial charge in [-0.15, -0.1) is 0 Å². The summed E-state index contributed by atoms with van der Waals surface area (Å²) < 4.78 is 28.0. The Morgan fingerprint density at radius 1 is 1.29 bits per heavy atom. The molecule has 1 rings (SSSR count). The molecule has 0 fully saturated rings. The van der Waals surface area contributed by atoms with Crippen LogP contribution in [0.4, 0.5) is 0 Å². The van der Waals surface area contributed by atoms with Crippen LogP contribution in [0, 0.1) is 0 Å². The van der Waals surface area contributed by atoms with E-state index in [2.05, 4.69) is 0 Å². The van der Waals surface area contributed by atoms with Crippen LogP contribution in [0.2, 0.25) is 0 Å². The Hall–Kier alpha value is -1.07. The highest BCUT2D eigenvalue weighted by molar-refractivity contribution is 7.92. The van der Waals surface area contributed by atoms with Crippen molar-refractivity contribution in [2.75, 3.05) is 7.11 Å². The maximum absolute atomic E-state index is 11.6. The normalized spacial score (nSPS) is 13.6. The van der Waals surface area contributed by atoms with Crippen molar-refractivity contribution in [3.63, 3.8) is 0 Å². The van der Waals surface area contributed by atoms with Crippen LogP contribution in [0.3, 0.4) is 0 Å². The van der Waals surface area contributed by atoms with E-state index >= 15 is 0 Å². The van der Waals surface area contributed by atoms with Crippen LogP contribution < -0.4 is 10.5 Å². The SMILES string of the molecule is COc1ccc(S(=O)(=O)C(C)N)cc1. The molecular formula is C9H13NO3S. The van der Waals surface area contributed by atoms with Gasteiger partial charge in [-0.2, -0.15) is 0 Å². The third-order valence-electron chi connectivity index (χ3n) is 1.88. The summed E-state index contributed by atoms with van der Waals surface area (Å²) in [6, 6.07) is 6.15. The molecular weight excluding hydrogens is 202 g/mol. The molecule has 0 saturated carbocycles. The van der Waals surface area contributed by atoms with Crippen molar-refractivity contribution in [1.29, 1.82) is 0 Å². The fourth-order valence-corrected chi connectivity index (χ4v) is 1.92. The molecule has 0 spiro atoms. The fraction of sp³-hybridized carbons (Fsp3) is 0.333. The monoisotopic (exact) mass is 215 g/mol. The molecule has 0 aliphatic carbocycles. The third kappa shape index (κ3) is 2.05. The molecule has 1 unspecified atom stereocenters. The van der Waals surface area contributed by atoms with Gasteiger partial charge in [0.25, 0.3) is 0 Å². The van der Waals surface area contributed by atoms with Crippen molar-refractivity contribution in [2.45, 2.75) is 17.2 Å². The maximum atomic E-state index is 11.6. The Kier molecular flexibility index (Phi) is 3.13. The summed E-state index contributed by atoms with van der Waals surface area (Å²) in [6.45, 7) is 1.44. The summed E-state index contributed by atoms with van der Waals surface area (Å²) in [4.78, 5) is 0.216. The van der Waals surface area contributed by atoms with Crippen molar-refractivity contribution in [3.05, 3.63) is 24.3 Å². The molecule has 0 aromatic heterocycles. The standard InChI is InChI=1S/C9H13NO3S/c1-7(10)14(11,12)9-5-3-8(13-2)4-6-9/h3-7H,10H2,1-2H3. The molecule has 0 amide bonds. The second-order valence-corrected chi connectivity index (χ2v) is 5.23. The van der Waals surface area contributed by atoms with Crippen LogP contribution >= 0.6 is 0 Å².